The van der Waals surface area contributed by atoms with Crippen LogP contribution >= 0.6 is 7.60 Å². The first-order valence-corrected chi connectivity index (χ1v) is 12.7. The summed E-state index contributed by atoms with van der Waals surface area (Å²) in [5.74, 6) is 0.652. The van der Waals surface area contributed by atoms with Crippen LogP contribution in [0.15, 0.2) is 47.0 Å². The summed E-state index contributed by atoms with van der Waals surface area (Å²) < 4.78 is 22.0. The molecule has 1 unspecified atom stereocenters. The second kappa shape index (κ2) is 10.5. The number of furan rings is 1. The summed E-state index contributed by atoms with van der Waals surface area (Å²) >= 11 is 0. The van der Waals surface area contributed by atoms with Gasteiger partial charge in [-0.3, -0.25) is 14.5 Å². The van der Waals surface area contributed by atoms with Crippen LogP contribution in [0.4, 0.5) is 5.82 Å². The number of aromatic nitrogens is 1. The third kappa shape index (κ3) is 6.04. The lowest BCUT2D eigenvalue weighted by Crippen LogP contribution is -2.37. The van der Waals surface area contributed by atoms with Crippen molar-refractivity contribution in [1.29, 1.82) is 0 Å². The molecule has 0 aliphatic carbocycles. The van der Waals surface area contributed by atoms with E-state index in [1.165, 1.54) is 17.2 Å². The van der Waals surface area contributed by atoms with Gasteiger partial charge in [-0.15, -0.1) is 0 Å². The van der Waals surface area contributed by atoms with Gasteiger partial charge >= 0.3 is 0 Å². The van der Waals surface area contributed by atoms with Gasteiger partial charge in [-0.05, 0) is 42.7 Å². The Balaban J connectivity index is 0.00000342. The monoisotopic (exact) mass is 500 g/mol. The fourth-order valence-electron chi connectivity index (χ4n) is 3.79. The van der Waals surface area contributed by atoms with E-state index in [4.69, 9.17) is 8.94 Å². The zero-order chi connectivity index (χ0) is 24.5. The number of carbonyl (C=O) groups excluding carboxylic acids is 2. The number of anilines is 1. The van der Waals surface area contributed by atoms with E-state index in [0.717, 1.165) is 34.5 Å². The Morgan fingerprint density at radius 1 is 1.34 bits per heavy atom. The molecular formula is C24H29N4O6P. The number of para-hydroxylation sites is 1. The predicted octanol–water partition coefficient (Wildman–Crippen LogP) is 3.62. The van der Waals surface area contributed by atoms with Crippen LogP contribution in [0.25, 0.3) is 17.0 Å². The first-order valence-electron chi connectivity index (χ1n) is 10.7. The van der Waals surface area contributed by atoms with E-state index in [2.05, 4.69) is 4.98 Å². The predicted molar refractivity (Wildman–Crippen MR) is 132 cm³/mol. The summed E-state index contributed by atoms with van der Waals surface area (Å²) in [5, 5.41) is 1.03. The lowest BCUT2D eigenvalue weighted by atomic mass is 10.0. The summed E-state index contributed by atoms with van der Waals surface area (Å²) in [6.07, 6.45) is 5.34. The number of aryl methyl sites for hydroxylation is 2. The molecule has 0 saturated heterocycles. The number of quaternary nitrogens is 1. The highest BCUT2D eigenvalue weighted by atomic mass is 31.2. The van der Waals surface area contributed by atoms with E-state index in [1.54, 1.807) is 18.0 Å². The van der Waals surface area contributed by atoms with E-state index in [1.807, 2.05) is 37.3 Å². The molecule has 0 bridgehead atoms. The highest BCUT2D eigenvalue weighted by molar-refractivity contribution is 7.50. The molecule has 0 radical (unpaired) electrons. The van der Waals surface area contributed by atoms with Crippen LogP contribution in [0.1, 0.15) is 28.9 Å². The van der Waals surface area contributed by atoms with Crippen LogP contribution in [0.3, 0.4) is 0 Å². The highest BCUT2D eigenvalue weighted by Crippen LogP contribution is 2.34. The van der Waals surface area contributed by atoms with Crippen molar-refractivity contribution in [1.82, 2.24) is 16.0 Å². The summed E-state index contributed by atoms with van der Waals surface area (Å²) in [6, 6.07) is 9.59. The number of pyridine rings is 1. The number of likely N-dealkylation sites (N-methyl/N-ethyl adjacent to an activating group) is 1. The van der Waals surface area contributed by atoms with Crippen molar-refractivity contribution < 1.29 is 28.0 Å². The van der Waals surface area contributed by atoms with Crippen LogP contribution in [0.5, 0.6) is 0 Å². The second-order valence-corrected chi connectivity index (χ2v) is 10.1. The number of nitrogens with zero attached hydrogens (tertiary/aromatic N) is 3. The summed E-state index contributed by atoms with van der Waals surface area (Å²) in [6.45, 7) is 2.86. The number of benzene rings is 1. The van der Waals surface area contributed by atoms with E-state index >= 15 is 0 Å². The van der Waals surface area contributed by atoms with Crippen molar-refractivity contribution in [2.75, 3.05) is 25.3 Å². The molecule has 0 spiro atoms. The normalized spacial score (nSPS) is 15.1. The van der Waals surface area contributed by atoms with Crippen LogP contribution in [0.2, 0.25) is 0 Å². The van der Waals surface area contributed by atoms with Crippen molar-refractivity contribution in [2.24, 2.45) is 0 Å². The van der Waals surface area contributed by atoms with Crippen molar-refractivity contribution in [3.63, 3.8) is 0 Å². The number of amides is 2. The Labute approximate surface area is 203 Å². The molecule has 186 valence electrons. The lowest BCUT2D eigenvalue weighted by Gasteiger charge is -2.30. The van der Waals surface area contributed by atoms with E-state index in [0.29, 0.717) is 24.3 Å². The van der Waals surface area contributed by atoms with Gasteiger partial charge in [0.2, 0.25) is 11.8 Å². The number of rotatable bonds is 7. The van der Waals surface area contributed by atoms with Crippen LogP contribution in [0, 0.1) is 6.92 Å². The van der Waals surface area contributed by atoms with Gasteiger partial charge in [0.15, 0.2) is 0 Å². The minimum atomic E-state index is -3.98. The van der Waals surface area contributed by atoms with Gasteiger partial charge in [-0.25, -0.2) is 4.98 Å². The molecule has 0 fully saturated rings. The highest BCUT2D eigenvalue weighted by Gasteiger charge is 2.26. The molecule has 1 atom stereocenters. The fourth-order valence-corrected chi connectivity index (χ4v) is 4.12. The van der Waals surface area contributed by atoms with Gasteiger partial charge in [0.1, 0.15) is 31.5 Å². The minimum absolute atomic E-state index is 0. The van der Waals surface area contributed by atoms with Gasteiger partial charge in [0.05, 0.1) is 6.54 Å². The molecule has 3 heterocycles. The maximum absolute atomic E-state index is 12.7. The van der Waals surface area contributed by atoms with Gasteiger partial charge in [0, 0.05) is 43.4 Å². The molecule has 3 aromatic rings. The Kier molecular flexibility index (Phi) is 7.92. The van der Waals surface area contributed by atoms with E-state index < -0.39 is 14.3 Å². The molecule has 1 aliphatic rings. The number of hydrogen-bond acceptors (Lipinski definition) is 7. The Hall–Kier alpha value is -3.30. The van der Waals surface area contributed by atoms with Crippen molar-refractivity contribution >= 4 is 42.3 Å². The van der Waals surface area contributed by atoms with E-state index in [-0.39, 0.29) is 24.4 Å². The average molecular weight is 500 g/mol. The van der Waals surface area contributed by atoms with Gasteiger partial charge in [-0.1, -0.05) is 18.2 Å². The Bertz CT molecular complexity index is 1330. The van der Waals surface area contributed by atoms with Gasteiger partial charge < -0.3 is 29.4 Å². The van der Waals surface area contributed by atoms with E-state index in [9.17, 15) is 19.0 Å². The van der Waals surface area contributed by atoms with Crippen LogP contribution < -0.4 is 15.9 Å². The van der Waals surface area contributed by atoms with Crippen LogP contribution in [-0.2, 0) is 31.6 Å². The molecule has 2 aromatic heterocycles. The van der Waals surface area contributed by atoms with Crippen molar-refractivity contribution in [2.45, 2.75) is 26.3 Å². The SMILES string of the molecule is Cc1c(CN(C)C(=O)/C=C/c2cnc3c(c2)CCC(=O)N3COP(C)(=O)[O-])oc2ccccc12.[NH4+]. The van der Waals surface area contributed by atoms with Gasteiger partial charge in [-0.2, -0.15) is 0 Å². The molecule has 1 aliphatic heterocycles. The molecular weight excluding hydrogens is 471 g/mol. The summed E-state index contributed by atoms with van der Waals surface area (Å²) in [7, 11) is -2.28. The fraction of sp³-hybridized carbons (Fsp3) is 0.292. The van der Waals surface area contributed by atoms with Crippen molar-refractivity contribution in [3.05, 3.63) is 65.1 Å². The van der Waals surface area contributed by atoms with Gasteiger partial charge in [0.25, 0.3) is 0 Å². The first-order chi connectivity index (χ1) is 16.1. The number of fused-ring (bicyclic) bond motifs is 2. The molecule has 4 rings (SSSR count). The molecule has 10 nitrogen and oxygen atoms in total. The molecule has 4 N–H and O–H groups in total. The zero-order valence-corrected chi connectivity index (χ0v) is 21.1. The quantitative estimate of drug-likeness (QED) is 0.384. The second-order valence-electron chi connectivity index (χ2n) is 8.28. The summed E-state index contributed by atoms with van der Waals surface area (Å²) in [5.41, 5.74) is 3.28. The topological polar surface area (TPSA) is 153 Å². The van der Waals surface area contributed by atoms with Crippen molar-refractivity contribution in [3.8, 4) is 0 Å². The molecule has 11 heteroatoms. The smallest absolute Gasteiger partial charge is 0.246 e. The zero-order valence-electron chi connectivity index (χ0n) is 20.2. The average Bonchev–Trinajstić information content (AvgIpc) is 3.11. The maximum Gasteiger partial charge on any atom is 0.246 e. The summed E-state index contributed by atoms with van der Waals surface area (Å²) in [4.78, 5) is 43.3. The Morgan fingerprint density at radius 2 is 2.09 bits per heavy atom. The largest absolute Gasteiger partial charge is 0.779 e. The molecule has 35 heavy (non-hydrogen) atoms. The first kappa shape index (κ1) is 26.3. The Morgan fingerprint density at radius 3 is 2.80 bits per heavy atom. The van der Waals surface area contributed by atoms with Crippen LogP contribution in [-0.4, -0.2) is 42.1 Å². The standard InChI is InChI=1S/C24H26N3O6P.H3N/c1-16-19-6-4-5-7-20(19)33-21(16)14-26(2)22(28)10-8-17-12-18-9-11-23(29)27(24(18)25-13-17)15-32-34(3,30)31;/h4-8,10,12-13H,9,11,14-15H2,1-3H3,(H,30,31);1H3/b10-8+;. The maximum atomic E-state index is 12.7. The third-order valence-corrected chi connectivity index (χ3v) is 6.25. The lowest BCUT2D eigenvalue weighted by molar-refractivity contribution is -0.196. The molecule has 2 amide bonds. The third-order valence-electron chi connectivity index (χ3n) is 5.67. The molecule has 1 aromatic carbocycles. The minimum Gasteiger partial charge on any atom is -0.779 e. The number of carbonyl (C=O) groups is 2. The molecule has 0 saturated carbocycles. The number of hydrogen-bond donors (Lipinski definition) is 1.